The topological polar surface area (TPSA) is 26.0 Å². The second-order valence-corrected chi connectivity index (χ2v) is 4.88. The first kappa shape index (κ1) is 12.2. The molecule has 2 N–H and O–H groups in total. The lowest BCUT2D eigenvalue weighted by Gasteiger charge is -2.11. The molecule has 1 unspecified atom stereocenters. The van der Waals surface area contributed by atoms with Gasteiger partial charge in [0.05, 0.1) is 4.99 Å². The molecule has 1 rings (SSSR count). The Morgan fingerprint density at radius 2 is 1.73 bits per heavy atom. The predicted molar refractivity (Wildman–Crippen MR) is 70.2 cm³/mol. The second kappa shape index (κ2) is 5.26. The van der Waals surface area contributed by atoms with E-state index in [1.54, 1.807) is 0 Å². The first-order valence-corrected chi connectivity index (χ1v) is 5.79. The van der Waals surface area contributed by atoms with Crippen LogP contribution in [0, 0.1) is 5.92 Å². The second-order valence-electron chi connectivity index (χ2n) is 4.40. The summed E-state index contributed by atoms with van der Waals surface area (Å²) in [6.07, 6.45) is 0.938. The van der Waals surface area contributed by atoms with E-state index in [1.807, 2.05) is 0 Å². The van der Waals surface area contributed by atoms with Gasteiger partial charge in [-0.2, -0.15) is 0 Å². The molecule has 0 radical (unpaired) electrons. The summed E-state index contributed by atoms with van der Waals surface area (Å²) in [6.45, 7) is 6.47. The van der Waals surface area contributed by atoms with E-state index in [9.17, 15) is 0 Å². The Hall–Kier alpha value is -0.890. The predicted octanol–water partition coefficient (Wildman–Crippen LogP) is 3.27. The fourth-order valence-electron chi connectivity index (χ4n) is 1.49. The van der Waals surface area contributed by atoms with Gasteiger partial charge in [0.15, 0.2) is 0 Å². The Labute approximate surface area is 97.7 Å². The number of thiocarbonyl (C=S) groups is 1. The third-order valence-corrected chi connectivity index (χ3v) is 3.08. The molecule has 1 aromatic carbocycles. The van der Waals surface area contributed by atoms with Crippen LogP contribution in [0.4, 0.5) is 0 Å². The van der Waals surface area contributed by atoms with E-state index < -0.39 is 0 Å². The molecule has 0 aliphatic carbocycles. The molecule has 1 nitrogen and oxygen atoms in total. The Morgan fingerprint density at radius 1 is 1.20 bits per heavy atom. The van der Waals surface area contributed by atoms with E-state index >= 15 is 0 Å². The van der Waals surface area contributed by atoms with Crippen molar-refractivity contribution in [2.75, 3.05) is 0 Å². The smallest absolute Gasteiger partial charge is 0.0759 e. The molecule has 0 heterocycles. The average molecular weight is 221 g/mol. The molecule has 0 saturated carbocycles. The fourth-order valence-corrected chi connectivity index (χ4v) is 1.58. The Bertz CT molecular complexity index is 327. The third kappa shape index (κ3) is 3.63. The van der Waals surface area contributed by atoms with Crippen molar-refractivity contribution in [1.82, 2.24) is 0 Å². The molecular weight excluding hydrogens is 202 g/mol. The van der Waals surface area contributed by atoms with Crippen LogP contribution in [-0.4, -0.2) is 4.99 Å². The molecule has 15 heavy (non-hydrogen) atoms. The molecule has 2 heteroatoms. The van der Waals surface area contributed by atoms with Crippen LogP contribution in [0.3, 0.4) is 0 Å². The number of hydrogen-bond donors (Lipinski definition) is 1. The first-order valence-electron chi connectivity index (χ1n) is 5.39. The zero-order valence-electron chi connectivity index (χ0n) is 9.66. The van der Waals surface area contributed by atoms with Crippen LogP contribution in [0.5, 0.6) is 0 Å². The average Bonchev–Trinajstić information content (AvgIpc) is 2.18. The molecule has 0 amide bonds. The zero-order chi connectivity index (χ0) is 11.4. The van der Waals surface area contributed by atoms with Crippen molar-refractivity contribution in [3.05, 3.63) is 35.4 Å². The number of nitrogens with two attached hydrogens (primary N) is 1. The van der Waals surface area contributed by atoms with Crippen molar-refractivity contribution in [1.29, 1.82) is 0 Å². The number of hydrogen-bond acceptors (Lipinski definition) is 1. The highest BCUT2D eigenvalue weighted by Crippen LogP contribution is 2.16. The molecule has 1 atom stereocenters. The SMILES string of the molecule is CC(Cc1ccc(C(C)C)cc1)C(N)=S. The zero-order valence-corrected chi connectivity index (χ0v) is 10.5. The molecule has 0 aliphatic heterocycles. The van der Waals surface area contributed by atoms with Crippen LogP contribution < -0.4 is 5.73 Å². The highest BCUT2D eigenvalue weighted by atomic mass is 32.1. The highest BCUT2D eigenvalue weighted by Gasteiger charge is 2.06. The van der Waals surface area contributed by atoms with Crippen molar-refractivity contribution in [3.63, 3.8) is 0 Å². The van der Waals surface area contributed by atoms with Crippen LogP contribution in [0.15, 0.2) is 24.3 Å². The van der Waals surface area contributed by atoms with Gasteiger partial charge in [-0.1, -0.05) is 57.3 Å². The fraction of sp³-hybridized carbons (Fsp3) is 0.462. The standard InChI is InChI=1S/C13H19NS/c1-9(2)12-6-4-11(5-7-12)8-10(3)13(14)15/h4-7,9-10H,8H2,1-3H3,(H2,14,15). The van der Waals surface area contributed by atoms with Crippen molar-refractivity contribution >= 4 is 17.2 Å². The van der Waals surface area contributed by atoms with Gasteiger partial charge in [0.25, 0.3) is 0 Å². The molecule has 0 bridgehead atoms. The van der Waals surface area contributed by atoms with E-state index in [-0.39, 0.29) is 5.92 Å². The Morgan fingerprint density at radius 3 is 2.13 bits per heavy atom. The van der Waals surface area contributed by atoms with Crippen LogP contribution in [-0.2, 0) is 6.42 Å². The number of benzene rings is 1. The normalized spacial score (nSPS) is 12.8. The van der Waals surface area contributed by atoms with Crippen molar-refractivity contribution < 1.29 is 0 Å². The largest absolute Gasteiger partial charge is 0.393 e. The Kier molecular flexibility index (Phi) is 4.28. The molecule has 0 aliphatic rings. The van der Waals surface area contributed by atoms with Crippen LogP contribution in [0.1, 0.15) is 37.8 Å². The third-order valence-electron chi connectivity index (χ3n) is 2.67. The molecule has 0 spiro atoms. The van der Waals surface area contributed by atoms with Crippen molar-refractivity contribution in [2.24, 2.45) is 11.7 Å². The lowest BCUT2D eigenvalue weighted by Crippen LogP contribution is -2.20. The molecule has 0 aromatic heterocycles. The van der Waals surface area contributed by atoms with Gasteiger partial charge < -0.3 is 5.73 Å². The maximum absolute atomic E-state index is 5.59. The molecule has 1 aromatic rings. The maximum atomic E-state index is 5.59. The summed E-state index contributed by atoms with van der Waals surface area (Å²) in [4.78, 5) is 0.600. The summed E-state index contributed by atoms with van der Waals surface area (Å²) in [6, 6.07) is 8.72. The minimum absolute atomic E-state index is 0.282. The number of rotatable bonds is 4. The van der Waals surface area contributed by atoms with Gasteiger partial charge in [-0.15, -0.1) is 0 Å². The minimum Gasteiger partial charge on any atom is -0.393 e. The summed E-state index contributed by atoms with van der Waals surface area (Å²) >= 11 is 4.96. The molecule has 0 fully saturated rings. The molecule has 82 valence electrons. The van der Waals surface area contributed by atoms with Crippen LogP contribution >= 0.6 is 12.2 Å². The first-order chi connectivity index (χ1) is 7.00. The maximum Gasteiger partial charge on any atom is 0.0759 e. The van der Waals surface area contributed by atoms with Crippen molar-refractivity contribution in [3.8, 4) is 0 Å². The lowest BCUT2D eigenvalue weighted by molar-refractivity contribution is 0.769. The van der Waals surface area contributed by atoms with E-state index in [4.69, 9.17) is 18.0 Å². The summed E-state index contributed by atoms with van der Waals surface area (Å²) in [7, 11) is 0. The summed E-state index contributed by atoms with van der Waals surface area (Å²) in [5, 5.41) is 0. The quantitative estimate of drug-likeness (QED) is 0.790. The van der Waals surface area contributed by atoms with Crippen LogP contribution in [0.2, 0.25) is 0 Å². The summed E-state index contributed by atoms with van der Waals surface area (Å²) in [5.74, 6) is 0.872. The summed E-state index contributed by atoms with van der Waals surface area (Å²) in [5.41, 5.74) is 8.28. The van der Waals surface area contributed by atoms with E-state index in [0.29, 0.717) is 10.9 Å². The lowest BCUT2D eigenvalue weighted by atomic mass is 9.97. The highest BCUT2D eigenvalue weighted by molar-refractivity contribution is 7.80. The minimum atomic E-state index is 0.282. The van der Waals surface area contributed by atoms with Gasteiger partial charge in [-0.3, -0.25) is 0 Å². The summed E-state index contributed by atoms with van der Waals surface area (Å²) < 4.78 is 0. The van der Waals surface area contributed by atoms with Gasteiger partial charge in [0.2, 0.25) is 0 Å². The van der Waals surface area contributed by atoms with E-state index in [0.717, 1.165) is 6.42 Å². The molecular formula is C13H19NS. The van der Waals surface area contributed by atoms with E-state index in [2.05, 4.69) is 45.0 Å². The Balaban J connectivity index is 2.68. The van der Waals surface area contributed by atoms with Gasteiger partial charge in [-0.05, 0) is 23.5 Å². The van der Waals surface area contributed by atoms with Gasteiger partial charge in [-0.25, -0.2) is 0 Å². The monoisotopic (exact) mass is 221 g/mol. The van der Waals surface area contributed by atoms with Gasteiger partial charge in [0, 0.05) is 5.92 Å². The van der Waals surface area contributed by atoms with Gasteiger partial charge >= 0.3 is 0 Å². The van der Waals surface area contributed by atoms with Gasteiger partial charge in [0.1, 0.15) is 0 Å². The van der Waals surface area contributed by atoms with Crippen molar-refractivity contribution in [2.45, 2.75) is 33.1 Å². The van der Waals surface area contributed by atoms with Crippen LogP contribution in [0.25, 0.3) is 0 Å². The van der Waals surface area contributed by atoms with E-state index in [1.165, 1.54) is 11.1 Å². The molecule has 0 saturated heterocycles.